The SMILES string of the molecule is C[C@H]1CN(c2c(Cl)cnn(CC3CC3)c2=O)CCN1. The van der Waals surface area contributed by atoms with E-state index in [9.17, 15) is 4.79 Å². The molecule has 5 nitrogen and oxygen atoms in total. The van der Waals surface area contributed by atoms with Crippen molar-refractivity contribution >= 4 is 17.3 Å². The average Bonchev–Trinajstić information content (AvgIpc) is 3.17. The van der Waals surface area contributed by atoms with Crippen LogP contribution in [-0.2, 0) is 6.54 Å². The van der Waals surface area contributed by atoms with Crippen molar-refractivity contribution in [2.24, 2.45) is 5.92 Å². The molecule has 1 N–H and O–H groups in total. The van der Waals surface area contributed by atoms with Crippen molar-refractivity contribution in [1.82, 2.24) is 15.1 Å². The van der Waals surface area contributed by atoms with Crippen molar-refractivity contribution in [3.05, 3.63) is 21.6 Å². The summed E-state index contributed by atoms with van der Waals surface area (Å²) in [6, 6.07) is 0.370. The zero-order valence-corrected chi connectivity index (χ0v) is 11.9. The van der Waals surface area contributed by atoms with Gasteiger partial charge in [-0.05, 0) is 25.7 Å². The Bertz CT molecular complexity index is 526. The molecule has 19 heavy (non-hydrogen) atoms. The van der Waals surface area contributed by atoms with Crippen LogP contribution in [-0.4, -0.2) is 35.5 Å². The lowest BCUT2D eigenvalue weighted by molar-refractivity contribution is 0.478. The van der Waals surface area contributed by atoms with Gasteiger partial charge in [0.25, 0.3) is 5.56 Å². The van der Waals surface area contributed by atoms with Crippen LogP contribution >= 0.6 is 11.6 Å². The van der Waals surface area contributed by atoms with Crippen LogP contribution in [0.3, 0.4) is 0 Å². The van der Waals surface area contributed by atoms with E-state index in [0.29, 0.717) is 22.7 Å². The number of rotatable bonds is 3. The van der Waals surface area contributed by atoms with Gasteiger partial charge in [-0.25, -0.2) is 4.68 Å². The van der Waals surface area contributed by atoms with E-state index in [1.165, 1.54) is 12.8 Å². The summed E-state index contributed by atoms with van der Waals surface area (Å²) in [5, 5.41) is 7.99. The lowest BCUT2D eigenvalue weighted by atomic mass is 10.2. The smallest absolute Gasteiger partial charge is 0.291 e. The molecule has 0 aromatic carbocycles. The summed E-state index contributed by atoms with van der Waals surface area (Å²) in [6.07, 6.45) is 4.01. The van der Waals surface area contributed by atoms with E-state index in [1.54, 1.807) is 10.9 Å². The lowest BCUT2D eigenvalue weighted by Crippen LogP contribution is -2.51. The molecular formula is C13H19ClN4O. The van der Waals surface area contributed by atoms with Gasteiger partial charge >= 0.3 is 0 Å². The summed E-state index contributed by atoms with van der Waals surface area (Å²) >= 11 is 6.20. The molecule has 2 fully saturated rings. The first-order chi connectivity index (χ1) is 9.15. The quantitative estimate of drug-likeness (QED) is 0.902. The Morgan fingerprint density at radius 1 is 1.53 bits per heavy atom. The van der Waals surface area contributed by atoms with Gasteiger partial charge in [0.2, 0.25) is 0 Å². The third kappa shape index (κ3) is 2.77. The van der Waals surface area contributed by atoms with Gasteiger partial charge in [-0.2, -0.15) is 5.10 Å². The minimum Gasteiger partial charge on any atom is -0.363 e. The largest absolute Gasteiger partial charge is 0.363 e. The normalized spacial score (nSPS) is 23.7. The summed E-state index contributed by atoms with van der Waals surface area (Å²) in [4.78, 5) is 14.6. The van der Waals surface area contributed by atoms with Crippen LogP contribution in [0.2, 0.25) is 5.02 Å². The van der Waals surface area contributed by atoms with E-state index in [-0.39, 0.29) is 5.56 Å². The molecule has 3 rings (SSSR count). The van der Waals surface area contributed by atoms with Crippen LogP contribution in [0.1, 0.15) is 19.8 Å². The first-order valence-electron chi connectivity index (χ1n) is 6.89. The fourth-order valence-corrected chi connectivity index (χ4v) is 2.80. The summed E-state index contributed by atoms with van der Waals surface area (Å²) in [7, 11) is 0. The maximum absolute atomic E-state index is 12.5. The Morgan fingerprint density at radius 2 is 2.32 bits per heavy atom. The standard InChI is InChI=1S/C13H19ClN4O/c1-9-7-17(5-4-15-9)12-11(14)6-16-18(13(12)19)8-10-2-3-10/h6,9-10,15H,2-5,7-8H2,1H3/t9-/m0/s1. The van der Waals surface area contributed by atoms with Gasteiger partial charge in [0, 0.05) is 32.2 Å². The molecule has 6 heteroatoms. The van der Waals surface area contributed by atoms with Gasteiger partial charge < -0.3 is 10.2 Å². The number of hydrogen-bond acceptors (Lipinski definition) is 4. The van der Waals surface area contributed by atoms with Crippen LogP contribution in [0.4, 0.5) is 5.69 Å². The molecule has 1 aromatic heterocycles. The Kier molecular flexibility index (Phi) is 3.50. The second kappa shape index (κ2) is 5.13. The second-order valence-corrected chi connectivity index (χ2v) is 5.98. The van der Waals surface area contributed by atoms with Crippen molar-refractivity contribution in [3.8, 4) is 0 Å². The fourth-order valence-electron chi connectivity index (χ4n) is 2.56. The molecular weight excluding hydrogens is 264 g/mol. The molecule has 2 aliphatic rings. The fraction of sp³-hybridized carbons (Fsp3) is 0.692. The summed E-state index contributed by atoms with van der Waals surface area (Å²) in [5.74, 6) is 0.626. The van der Waals surface area contributed by atoms with E-state index in [1.807, 2.05) is 0 Å². The maximum atomic E-state index is 12.5. The third-order valence-electron chi connectivity index (χ3n) is 3.79. The molecule has 0 amide bonds. The maximum Gasteiger partial charge on any atom is 0.291 e. The van der Waals surface area contributed by atoms with Crippen LogP contribution in [0.5, 0.6) is 0 Å². The summed E-state index contributed by atoms with van der Waals surface area (Å²) in [6.45, 7) is 5.34. The molecule has 1 saturated carbocycles. The summed E-state index contributed by atoms with van der Waals surface area (Å²) < 4.78 is 1.57. The van der Waals surface area contributed by atoms with Gasteiger partial charge in [0.1, 0.15) is 5.69 Å². The Balaban J connectivity index is 1.91. The van der Waals surface area contributed by atoms with Gasteiger partial charge in [0.05, 0.1) is 11.2 Å². The van der Waals surface area contributed by atoms with Crippen LogP contribution in [0.25, 0.3) is 0 Å². The molecule has 1 atom stereocenters. The van der Waals surface area contributed by atoms with Crippen LogP contribution in [0.15, 0.2) is 11.0 Å². The minimum absolute atomic E-state index is 0.0477. The highest BCUT2D eigenvalue weighted by molar-refractivity contribution is 6.33. The van der Waals surface area contributed by atoms with E-state index in [4.69, 9.17) is 11.6 Å². The second-order valence-electron chi connectivity index (χ2n) is 5.57. The van der Waals surface area contributed by atoms with Crippen molar-refractivity contribution in [3.63, 3.8) is 0 Å². The molecule has 1 aromatic rings. The number of anilines is 1. The number of hydrogen-bond donors (Lipinski definition) is 1. The Hall–Kier alpha value is -1.07. The minimum atomic E-state index is -0.0477. The molecule has 0 spiro atoms. The number of aromatic nitrogens is 2. The number of nitrogens with zero attached hydrogens (tertiary/aromatic N) is 3. The highest BCUT2D eigenvalue weighted by atomic mass is 35.5. The molecule has 104 valence electrons. The number of piperazine rings is 1. The highest BCUT2D eigenvalue weighted by Gasteiger charge is 2.26. The summed E-state index contributed by atoms with van der Waals surface area (Å²) in [5.41, 5.74) is 0.569. The van der Waals surface area contributed by atoms with E-state index in [2.05, 4.69) is 22.2 Å². The average molecular weight is 283 g/mol. The predicted molar refractivity (Wildman–Crippen MR) is 75.9 cm³/mol. The van der Waals surface area contributed by atoms with E-state index < -0.39 is 0 Å². The zero-order chi connectivity index (χ0) is 13.4. The van der Waals surface area contributed by atoms with Gasteiger partial charge in [-0.3, -0.25) is 4.79 Å². The molecule has 1 aliphatic heterocycles. The Labute approximate surface area is 117 Å². The van der Waals surface area contributed by atoms with Gasteiger partial charge in [-0.15, -0.1) is 0 Å². The van der Waals surface area contributed by atoms with Gasteiger partial charge in [-0.1, -0.05) is 11.6 Å². The van der Waals surface area contributed by atoms with Crippen molar-refractivity contribution in [2.75, 3.05) is 24.5 Å². The van der Waals surface area contributed by atoms with E-state index >= 15 is 0 Å². The molecule has 1 saturated heterocycles. The van der Waals surface area contributed by atoms with Crippen molar-refractivity contribution < 1.29 is 0 Å². The molecule has 1 aliphatic carbocycles. The molecule has 0 unspecified atom stereocenters. The topological polar surface area (TPSA) is 50.2 Å². The monoisotopic (exact) mass is 282 g/mol. The van der Waals surface area contributed by atoms with Crippen molar-refractivity contribution in [1.29, 1.82) is 0 Å². The first kappa shape index (κ1) is 12.9. The van der Waals surface area contributed by atoms with Gasteiger partial charge in [0.15, 0.2) is 0 Å². The van der Waals surface area contributed by atoms with E-state index in [0.717, 1.165) is 26.2 Å². The number of halogens is 1. The highest BCUT2D eigenvalue weighted by Crippen LogP contribution is 2.30. The molecule has 2 heterocycles. The zero-order valence-electron chi connectivity index (χ0n) is 11.1. The third-order valence-corrected chi connectivity index (χ3v) is 4.06. The first-order valence-corrected chi connectivity index (χ1v) is 7.27. The lowest BCUT2D eigenvalue weighted by Gasteiger charge is -2.33. The van der Waals surface area contributed by atoms with Crippen LogP contribution < -0.4 is 15.8 Å². The van der Waals surface area contributed by atoms with Crippen LogP contribution in [0, 0.1) is 5.92 Å². The van der Waals surface area contributed by atoms with Crippen molar-refractivity contribution in [2.45, 2.75) is 32.4 Å². The molecule has 0 bridgehead atoms. The Morgan fingerprint density at radius 3 is 3.00 bits per heavy atom. The molecule has 0 radical (unpaired) electrons. The predicted octanol–water partition coefficient (Wildman–Crippen LogP) is 1.10. The number of nitrogens with one attached hydrogen (secondary N) is 1.